The van der Waals surface area contributed by atoms with Crippen LogP contribution in [0.15, 0.2) is 41.8 Å². The largest absolute Gasteiger partial charge is 0.573 e. The fourth-order valence-corrected chi connectivity index (χ4v) is 2.33. The summed E-state index contributed by atoms with van der Waals surface area (Å²) in [6.45, 7) is 0. The zero-order valence-corrected chi connectivity index (χ0v) is 10.5. The summed E-state index contributed by atoms with van der Waals surface area (Å²) in [6.07, 6.45) is -2.77. The summed E-state index contributed by atoms with van der Waals surface area (Å²) in [5, 5.41) is -0.278. The molecule has 108 valence electrons. The quantitative estimate of drug-likeness (QED) is 0.906. The van der Waals surface area contributed by atoms with Crippen LogP contribution in [0.2, 0.25) is 0 Å². The first-order chi connectivity index (χ1) is 9.28. The van der Waals surface area contributed by atoms with Crippen LogP contribution < -0.4 is 9.46 Å². The van der Waals surface area contributed by atoms with Crippen LogP contribution in [0.5, 0.6) is 5.75 Å². The maximum Gasteiger partial charge on any atom is 0.573 e. The lowest BCUT2D eigenvalue weighted by Crippen LogP contribution is -2.19. The summed E-state index contributed by atoms with van der Waals surface area (Å²) in [5.41, 5.74) is -0.334. The molecule has 0 radical (unpaired) electrons. The molecule has 0 aliphatic heterocycles. The first-order valence-corrected chi connectivity index (χ1v) is 6.62. The topological polar surface area (TPSA) is 84.1 Å². The van der Waals surface area contributed by atoms with E-state index in [4.69, 9.17) is 0 Å². The summed E-state index contributed by atoms with van der Waals surface area (Å²) in [7, 11) is -4.06. The fraction of sp³-hybridized carbons (Fsp3) is 0.100. The van der Waals surface area contributed by atoms with Crippen LogP contribution in [0.4, 0.5) is 18.9 Å². The van der Waals surface area contributed by atoms with E-state index in [9.17, 15) is 21.6 Å². The van der Waals surface area contributed by atoms with Crippen molar-refractivity contribution in [3.05, 3.63) is 36.8 Å². The number of halogens is 3. The molecule has 0 aliphatic rings. The molecule has 0 bridgehead atoms. The molecule has 0 aliphatic carbocycles. The van der Waals surface area contributed by atoms with Crippen molar-refractivity contribution in [1.82, 2.24) is 9.97 Å². The molecule has 6 nitrogen and oxygen atoms in total. The molecule has 1 heterocycles. The third-order valence-corrected chi connectivity index (χ3v) is 3.41. The minimum Gasteiger partial charge on any atom is -0.404 e. The van der Waals surface area contributed by atoms with Crippen molar-refractivity contribution < 1.29 is 26.3 Å². The van der Waals surface area contributed by atoms with Crippen LogP contribution in [0, 0.1) is 0 Å². The number of benzene rings is 1. The molecule has 0 fully saturated rings. The molecule has 1 aromatic carbocycles. The highest BCUT2D eigenvalue weighted by molar-refractivity contribution is 7.92. The van der Waals surface area contributed by atoms with Gasteiger partial charge in [0, 0.05) is 0 Å². The zero-order chi connectivity index (χ0) is 14.8. The van der Waals surface area contributed by atoms with E-state index in [-0.39, 0.29) is 10.7 Å². The maximum atomic E-state index is 12.2. The second kappa shape index (κ2) is 5.04. The van der Waals surface area contributed by atoms with Gasteiger partial charge in [-0.2, -0.15) is 8.42 Å². The molecule has 0 amide bonds. The van der Waals surface area contributed by atoms with Crippen molar-refractivity contribution >= 4 is 15.7 Å². The van der Waals surface area contributed by atoms with Gasteiger partial charge in [0.25, 0.3) is 10.0 Å². The van der Waals surface area contributed by atoms with E-state index in [1.807, 2.05) is 4.72 Å². The number of hydrogen-bond donors (Lipinski definition) is 2. The van der Waals surface area contributed by atoms with E-state index in [1.165, 1.54) is 12.1 Å². The number of alkyl halides is 3. The van der Waals surface area contributed by atoms with Gasteiger partial charge in [0.1, 0.15) is 0 Å². The van der Waals surface area contributed by atoms with Gasteiger partial charge < -0.3 is 9.72 Å². The molecule has 20 heavy (non-hydrogen) atoms. The Bertz CT molecular complexity index is 683. The van der Waals surface area contributed by atoms with Gasteiger partial charge in [0.15, 0.2) is 10.8 Å². The van der Waals surface area contributed by atoms with E-state index in [2.05, 4.69) is 14.7 Å². The highest BCUT2D eigenvalue weighted by atomic mass is 32.2. The Kier molecular flexibility index (Phi) is 3.57. The minimum atomic E-state index is -4.92. The molecule has 2 aromatic rings. The average Bonchev–Trinajstić information content (AvgIpc) is 2.83. The van der Waals surface area contributed by atoms with Crippen LogP contribution in [-0.2, 0) is 10.0 Å². The molecular weight excluding hydrogens is 299 g/mol. The Hall–Kier alpha value is -2.23. The summed E-state index contributed by atoms with van der Waals surface area (Å²) >= 11 is 0. The third-order valence-electron chi connectivity index (χ3n) is 2.12. The molecule has 0 unspecified atom stereocenters. The molecule has 0 saturated carbocycles. The van der Waals surface area contributed by atoms with Gasteiger partial charge in [-0.3, -0.25) is 4.72 Å². The smallest absolute Gasteiger partial charge is 0.404 e. The minimum absolute atomic E-state index is 0.278. The Morgan fingerprint density at radius 3 is 2.55 bits per heavy atom. The normalized spacial score (nSPS) is 12.2. The number of anilines is 1. The maximum absolute atomic E-state index is 12.2. The predicted molar refractivity (Wildman–Crippen MR) is 62.5 cm³/mol. The van der Waals surface area contributed by atoms with Gasteiger partial charge >= 0.3 is 6.36 Å². The Labute approximate surface area is 111 Å². The van der Waals surface area contributed by atoms with Crippen LogP contribution in [-0.4, -0.2) is 24.7 Å². The fourth-order valence-electron chi connectivity index (χ4n) is 1.35. The molecule has 0 atom stereocenters. The number of H-pyrrole nitrogens is 1. The van der Waals surface area contributed by atoms with Crippen molar-refractivity contribution in [2.45, 2.75) is 11.4 Å². The lowest BCUT2D eigenvalue weighted by atomic mass is 10.3. The number of nitrogens with zero attached hydrogens (tertiary/aromatic N) is 1. The summed E-state index contributed by atoms with van der Waals surface area (Å²) in [4.78, 5) is 5.87. The molecule has 2 rings (SSSR count). The van der Waals surface area contributed by atoms with Crippen LogP contribution in [0.25, 0.3) is 0 Å². The van der Waals surface area contributed by atoms with Crippen LogP contribution in [0.3, 0.4) is 0 Å². The molecule has 10 heteroatoms. The van der Waals surface area contributed by atoms with Gasteiger partial charge in [0.05, 0.1) is 18.2 Å². The Morgan fingerprint density at radius 2 is 1.95 bits per heavy atom. The number of nitrogens with one attached hydrogen (secondary N) is 2. The van der Waals surface area contributed by atoms with Gasteiger partial charge in [-0.1, -0.05) is 12.1 Å². The first kappa shape index (κ1) is 14.2. The van der Waals surface area contributed by atoms with Gasteiger partial charge in [-0.15, -0.1) is 13.2 Å². The molecule has 1 aromatic heterocycles. The number of hydrogen-bond acceptors (Lipinski definition) is 4. The summed E-state index contributed by atoms with van der Waals surface area (Å²) in [5.74, 6) is -0.650. The van der Waals surface area contributed by atoms with E-state index >= 15 is 0 Å². The molecule has 0 saturated heterocycles. The van der Waals surface area contributed by atoms with Gasteiger partial charge in [-0.25, -0.2) is 4.98 Å². The number of aromatic nitrogens is 2. The van der Waals surface area contributed by atoms with Crippen molar-refractivity contribution in [3.63, 3.8) is 0 Å². The second-order valence-electron chi connectivity index (χ2n) is 3.57. The summed E-state index contributed by atoms with van der Waals surface area (Å²) in [6, 6.07) is 4.80. The van der Waals surface area contributed by atoms with Crippen molar-refractivity contribution in [3.8, 4) is 5.75 Å². The van der Waals surface area contributed by atoms with Crippen LogP contribution >= 0.6 is 0 Å². The number of ether oxygens (including phenoxy) is 1. The van der Waals surface area contributed by atoms with E-state index in [0.717, 1.165) is 24.7 Å². The highest BCUT2D eigenvalue weighted by Crippen LogP contribution is 2.31. The molecule has 2 N–H and O–H groups in total. The third kappa shape index (κ3) is 3.41. The number of para-hydroxylation sites is 2. The Morgan fingerprint density at radius 1 is 1.25 bits per heavy atom. The van der Waals surface area contributed by atoms with Gasteiger partial charge in [-0.05, 0) is 12.1 Å². The summed E-state index contributed by atoms with van der Waals surface area (Å²) < 4.78 is 66.1. The predicted octanol–water partition coefficient (Wildman–Crippen LogP) is 2.11. The monoisotopic (exact) mass is 307 g/mol. The average molecular weight is 307 g/mol. The standard InChI is InChI=1S/C10H8F3N3O3S/c11-10(12,13)19-8-4-2-1-3-7(8)16-20(17,18)9-5-14-6-15-9/h1-6,16H,(H,14,15). The van der Waals surface area contributed by atoms with E-state index in [0.29, 0.717) is 0 Å². The molecule has 0 spiro atoms. The Balaban J connectivity index is 2.31. The lowest BCUT2D eigenvalue weighted by molar-refractivity contribution is -0.274. The second-order valence-corrected chi connectivity index (χ2v) is 5.22. The van der Waals surface area contributed by atoms with Crippen molar-refractivity contribution in [1.29, 1.82) is 0 Å². The zero-order valence-electron chi connectivity index (χ0n) is 9.68. The van der Waals surface area contributed by atoms with Crippen LogP contribution in [0.1, 0.15) is 0 Å². The number of sulfonamides is 1. The highest BCUT2D eigenvalue weighted by Gasteiger charge is 2.32. The van der Waals surface area contributed by atoms with Crippen molar-refractivity contribution in [2.75, 3.05) is 4.72 Å². The van der Waals surface area contributed by atoms with E-state index < -0.39 is 22.1 Å². The number of rotatable bonds is 4. The van der Waals surface area contributed by atoms with Crippen molar-refractivity contribution in [2.24, 2.45) is 0 Å². The molecular formula is C10H8F3N3O3S. The lowest BCUT2D eigenvalue weighted by Gasteiger charge is -2.14. The van der Waals surface area contributed by atoms with E-state index in [1.54, 1.807) is 0 Å². The SMILES string of the molecule is O=S(=O)(Nc1ccccc1OC(F)(F)F)c1cnc[nH]1. The number of aromatic amines is 1. The van der Waals surface area contributed by atoms with Gasteiger partial charge in [0.2, 0.25) is 0 Å². The number of imidazole rings is 1. The first-order valence-electron chi connectivity index (χ1n) is 5.14.